The minimum Gasteiger partial charge on any atom is -0.480 e. The highest BCUT2D eigenvalue weighted by atomic mass is 16.5. The molecule has 9 nitrogen and oxygen atoms in total. The Labute approximate surface area is 278 Å². The molecule has 2 aliphatic rings. The van der Waals surface area contributed by atoms with Crippen molar-refractivity contribution in [2.45, 2.75) is 44.2 Å². The summed E-state index contributed by atoms with van der Waals surface area (Å²) in [6, 6.07) is 29.8. The third kappa shape index (κ3) is 7.24. The number of rotatable bonds is 11. The molecule has 48 heavy (non-hydrogen) atoms. The van der Waals surface area contributed by atoms with Gasteiger partial charge >= 0.3 is 12.1 Å². The van der Waals surface area contributed by atoms with E-state index in [1.807, 2.05) is 97.1 Å². The summed E-state index contributed by atoms with van der Waals surface area (Å²) in [5.41, 5.74) is 7.64. The average Bonchev–Trinajstić information content (AvgIpc) is 3.42. The van der Waals surface area contributed by atoms with Crippen molar-refractivity contribution in [3.63, 3.8) is 0 Å². The molecule has 0 spiro atoms. The summed E-state index contributed by atoms with van der Waals surface area (Å²) in [4.78, 5) is 52.2. The zero-order chi connectivity index (χ0) is 33.5. The molecule has 0 aromatic heterocycles. The molecule has 3 amide bonds. The maximum Gasteiger partial charge on any atom is 0.407 e. The van der Waals surface area contributed by atoms with Crippen LogP contribution in [0.2, 0.25) is 0 Å². The van der Waals surface area contributed by atoms with Gasteiger partial charge in [0.1, 0.15) is 12.6 Å². The molecule has 0 fully saturated rings. The van der Waals surface area contributed by atoms with Crippen LogP contribution in [0.5, 0.6) is 0 Å². The molecular weight excluding hydrogens is 606 g/mol. The summed E-state index contributed by atoms with van der Waals surface area (Å²) < 4.78 is 5.47. The van der Waals surface area contributed by atoms with Crippen LogP contribution in [0.4, 0.5) is 10.5 Å². The zero-order valence-corrected chi connectivity index (χ0v) is 26.3. The van der Waals surface area contributed by atoms with Gasteiger partial charge in [0.25, 0.3) is 0 Å². The zero-order valence-electron chi connectivity index (χ0n) is 26.3. The number of nitrogens with zero attached hydrogens (tertiary/aromatic N) is 1. The molecule has 1 aliphatic carbocycles. The number of carboxylic acids is 1. The van der Waals surface area contributed by atoms with E-state index in [1.165, 1.54) is 0 Å². The van der Waals surface area contributed by atoms with E-state index in [1.54, 1.807) is 4.90 Å². The Bertz CT molecular complexity index is 1880. The van der Waals surface area contributed by atoms with Crippen LogP contribution in [-0.4, -0.2) is 48.2 Å². The largest absolute Gasteiger partial charge is 0.480 e. The van der Waals surface area contributed by atoms with Crippen LogP contribution < -0.4 is 15.5 Å². The molecule has 4 aromatic rings. The number of benzene rings is 4. The maximum absolute atomic E-state index is 13.4. The number of carboxylic acid groups (broad SMARTS) is 1. The van der Waals surface area contributed by atoms with Crippen LogP contribution in [0.3, 0.4) is 0 Å². The van der Waals surface area contributed by atoms with Gasteiger partial charge in [0.2, 0.25) is 11.8 Å². The molecule has 0 saturated heterocycles. The van der Waals surface area contributed by atoms with Crippen molar-refractivity contribution in [3.05, 3.63) is 125 Å². The summed E-state index contributed by atoms with van der Waals surface area (Å²) in [7, 11) is 0. The number of hydrogen-bond donors (Lipinski definition) is 3. The van der Waals surface area contributed by atoms with Gasteiger partial charge in [-0.2, -0.15) is 0 Å². The second-order valence-corrected chi connectivity index (χ2v) is 11.8. The number of nitrogens with one attached hydrogen (secondary N) is 2. The first-order valence-corrected chi connectivity index (χ1v) is 16.0. The summed E-state index contributed by atoms with van der Waals surface area (Å²) >= 11 is 0. The highest BCUT2D eigenvalue weighted by molar-refractivity contribution is 5.95. The number of unbranched alkanes of at least 4 members (excludes halogenated alkanes) is 1. The number of amides is 3. The normalized spacial score (nSPS) is 13.2. The van der Waals surface area contributed by atoms with E-state index in [2.05, 4.69) is 22.5 Å². The van der Waals surface area contributed by atoms with Crippen molar-refractivity contribution in [2.75, 3.05) is 18.1 Å². The van der Waals surface area contributed by atoms with Crippen molar-refractivity contribution in [2.24, 2.45) is 0 Å². The van der Waals surface area contributed by atoms with Gasteiger partial charge < -0.3 is 25.4 Å². The van der Waals surface area contributed by atoms with E-state index in [-0.39, 0.29) is 43.7 Å². The average molecular weight is 642 g/mol. The van der Waals surface area contributed by atoms with E-state index < -0.39 is 18.1 Å². The van der Waals surface area contributed by atoms with Gasteiger partial charge in [-0.15, -0.1) is 0 Å². The summed E-state index contributed by atoms with van der Waals surface area (Å²) in [6.07, 6.45) is 0.365. The van der Waals surface area contributed by atoms with Crippen molar-refractivity contribution in [1.82, 2.24) is 10.6 Å². The number of aliphatic carboxylic acids is 1. The van der Waals surface area contributed by atoms with Gasteiger partial charge in [-0.3, -0.25) is 9.59 Å². The van der Waals surface area contributed by atoms with E-state index in [4.69, 9.17) is 4.74 Å². The van der Waals surface area contributed by atoms with Crippen molar-refractivity contribution in [3.8, 4) is 23.0 Å². The highest BCUT2D eigenvalue weighted by Gasteiger charge is 2.30. The lowest BCUT2D eigenvalue weighted by Crippen LogP contribution is -2.48. The number of carbonyl (C=O) groups excluding carboxylic acids is 3. The minimum absolute atomic E-state index is 0.0419. The fourth-order valence-corrected chi connectivity index (χ4v) is 6.19. The molecule has 6 rings (SSSR count). The second-order valence-electron chi connectivity index (χ2n) is 11.8. The summed E-state index contributed by atoms with van der Waals surface area (Å²) in [5.74, 6) is 4.49. The predicted molar refractivity (Wildman–Crippen MR) is 181 cm³/mol. The summed E-state index contributed by atoms with van der Waals surface area (Å²) in [5, 5.41) is 14.6. The molecule has 0 radical (unpaired) electrons. The molecule has 0 bridgehead atoms. The van der Waals surface area contributed by atoms with E-state index in [9.17, 15) is 24.3 Å². The standard InChI is InChI=1S/C39H35N3O6/c43-36(19-9-10-20-37(44)42-24-28-13-2-1-11-26(28)21-22-27-12-3-8-18-35(27)42)40-23-34(38(45)46)41-39(47)48-25-33-31-16-6-4-14-29(31)30-15-5-7-17-32(30)33/h1-8,11-18,33-34H,9-10,19-20,23-25H2,(H,40,43)(H,41,47)(H,45,46). The number of fused-ring (bicyclic) bond motifs is 5. The van der Waals surface area contributed by atoms with Gasteiger partial charge in [0.15, 0.2) is 0 Å². The lowest BCUT2D eigenvalue weighted by molar-refractivity contribution is -0.139. The van der Waals surface area contributed by atoms with Gasteiger partial charge in [0.05, 0.1) is 12.2 Å². The van der Waals surface area contributed by atoms with Crippen LogP contribution in [0.15, 0.2) is 97.1 Å². The molecular formula is C39H35N3O6. The third-order valence-electron chi connectivity index (χ3n) is 8.66. The predicted octanol–water partition coefficient (Wildman–Crippen LogP) is 5.60. The quantitative estimate of drug-likeness (QED) is 0.145. The Balaban J connectivity index is 0.958. The second kappa shape index (κ2) is 14.7. The van der Waals surface area contributed by atoms with Crippen molar-refractivity contribution >= 4 is 29.6 Å². The number of ether oxygens (including phenoxy) is 1. The highest BCUT2D eigenvalue weighted by Crippen LogP contribution is 2.44. The Hall–Kier alpha value is -5.88. The lowest BCUT2D eigenvalue weighted by Gasteiger charge is -2.26. The van der Waals surface area contributed by atoms with E-state index in [0.717, 1.165) is 44.6 Å². The lowest BCUT2D eigenvalue weighted by atomic mass is 9.98. The molecule has 1 atom stereocenters. The third-order valence-corrected chi connectivity index (χ3v) is 8.66. The Kier molecular flexibility index (Phi) is 9.82. The minimum atomic E-state index is -1.37. The van der Waals surface area contributed by atoms with Crippen LogP contribution in [-0.2, 0) is 25.7 Å². The Morgan fingerprint density at radius 2 is 1.40 bits per heavy atom. The van der Waals surface area contributed by atoms with E-state index >= 15 is 0 Å². The maximum atomic E-state index is 13.4. The smallest absolute Gasteiger partial charge is 0.407 e. The number of anilines is 1. The fourth-order valence-electron chi connectivity index (χ4n) is 6.19. The molecule has 0 saturated carbocycles. The molecule has 1 heterocycles. The molecule has 4 aromatic carbocycles. The number of alkyl carbamates (subject to hydrolysis) is 1. The van der Waals surface area contributed by atoms with Crippen molar-refractivity contribution in [1.29, 1.82) is 0 Å². The number of para-hydroxylation sites is 1. The molecule has 1 unspecified atom stereocenters. The van der Waals surface area contributed by atoms with Gasteiger partial charge in [-0.05, 0) is 58.9 Å². The van der Waals surface area contributed by atoms with Crippen LogP contribution in [0, 0.1) is 11.8 Å². The van der Waals surface area contributed by atoms with Crippen LogP contribution in [0.25, 0.3) is 11.1 Å². The van der Waals surface area contributed by atoms with Crippen LogP contribution >= 0.6 is 0 Å². The first kappa shape index (κ1) is 32.1. The Morgan fingerprint density at radius 1 is 0.792 bits per heavy atom. The SMILES string of the molecule is O=C(CCCCC(=O)N1Cc2ccccc2C#Cc2ccccc21)NCC(NC(=O)OCC1c2ccccc2-c2ccccc21)C(=O)O. The fraction of sp³-hybridized carbons (Fsp3) is 0.231. The number of carbonyl (C=O) groups is 4. The number of hydrogen-bond acceptors (Lipinski definition) is 5. The van der Waals surface area contributed by atoms with E-state index in [0.29, 0.717) is 19.4 Å². The van der Waals surface area contributed by atoms with Gasteiger partial charge in [-0.1, -0.05) is 90.7 Å². The van der Waals surface area contributed by atoms with Crippen molar-refractivity contribution < 1.29 is 29.0 Å². The Morgan fingerprint density at radius 3 is 2.12 bits per heavy atom. The van der Waals surface area contributed by atoms with Crippen LogP contribution in [0.1, 0.15) is 59.4 Å². The monoisotopic (exact) mass is 641 g/mol. The van der Waals surface area contributed by atoms with Gasteiger partial charge in [-0.25, -0.2) is 9.59 Å². The molecule has 3 N–H and O–H groups in total. The molecule has 1 aliphatic heterocycles. The van der Waals surface area contributed by atoms with Gasteiger partial charge in [0, 0.05) is 36.4 Å². The molecule has 9 heteroatoms. The molecule has 242 valence electrons. The first-order valence-electron chi connectivity index (χ1n) is 16.0. The topological polar surface area (TPSA) is 125 Å². The summed E-state index contributed by atoms with van der Waals surface area (Å²) in [6.45, 7) is 0.136. The first-order chi connectivity index (χ1) is 23.4.